The zero-order valence-electron chi connectivity index (χ0n) is 16.1. The van der Waals surface area contributed by atoms with Crippen LogP contribution in [0.15, 0.2) is 71.5 Å². The van der Waals surface area contributed by atoms with Gasteiger partial charge in [-0.2, -0.15) is 0 Å². The van der Waals surface area contributed by atoms with Crippen LogP contribution < -0.4 is 15.0 Å². The van der Waals surface area contributed by atoms with Gasteiger partial charge < -0.3 is 9.47 Å². The standard InChI is InChI=1S/C23H18Cl2N2O3/c1-29-16-11-9-15(10-12-16)22-26-19-7-3-2-5-17(19)23(28)27(22)13-14-30-20-8-4-6-18(24)21(20)25/h2-12H,13-14H2,1H3. The van der Waals surface area contributed by atoms with E-state index in [0.29, 0.717) is 39.1 Å². The molecule has 0 saturated carbocycles. The van der Waals surface area contributed by atoms with Crippen molar-refractivity contribution in [3.8, 4) is 22.9 Å². The largest absolute Gasteiger partial charge is 0.497 e. The average Bonchev–Trinajstić information content (AvgIpc) is 2.78. The summed E-state index contributed by atoms with van der Waals surface area (Å²) in [6.07, 6.45) is 0. The summed E-state index contributed by atoms with van der Waals surface area (Å²) in [6, 6.07) is 19.9. The van der Waals surface area contributed by atoms with Crippen molar-refractivity contribution >= 4 is 34.1 Å². The highest BCUT2D eigenvalue weighted by atomic mass is 35.5. The van der Waals surface area contributed by atoms with Crippen molar-refractivity contribution < 1.29 is 9.47 Å². The molecule has 7 heteroatoms. The highest BCUT2D eigenvalue weighted by Gasteiger charge is 2.14. The van der Waals surface area contributed by atoms with Crippen molar-refractivity contribution in [3.63, 3.8) is 0 Å². The first-order valence-corrected chi connectivity index (χ1v) is 10.0. The number of benzene rings is 3. The Bertz CT molecular complexity index is 1250. The molecule has 1 heterocycles. The van der Waals surface area contributed by atoms with E-state index in [1.54, 1.807) is 35.9 Å². The minimum absolute atomic E-state index is 0.132. The number of nitrogens with zero attached hydrogens (tertiary/aromatic N) is 2. The third-order valence-corrected chi connectivity index (χ3v) is 5.50. The first-order chi connectivity index (χ1) is 14.6. The number of ether oxygens (including phenoxy) is 2. The third-order valence-electron chi connectivity index (χ3n) is 4.70. The van der Waals surface area contributed by atoms with Crippen molar-refractivity contribution in [3.05, 3.63) is 87.1 Å². The highest BCUT2D eigenvalue weighted by molar-refractivity contribution is 6.42. The number of rotatable bonds is 6. The fourth-order valence-electron chi connectivity index (χ4n) is 3.18. The van der Waals surface area contributed by atoms with E-state index >= 15 is 0 Å². The van der Waals surface area contributed by atoms with Crippen molar-refractivity contribution in [2.24, 2.45) is 0 Å². The summed E-state index contributed by atoms with van der Waals surface area (Å²) in [5, 5.41) is 1.31. The number of aromatic nitrogens is 2. The van der Waals surface area contributed by atoms with Crippen molar-refractivity contribution in [2.75, 3.05) is 13.7 Å². The molecule has 3 aromatic carbocycles. The molecule has 4 rings (SSSR count). The van der Waals surface area contributed by atoms with Crippen molar-refractivity contribution in [2.45, 2.75) is 6.54 Å². The maximum atomic E-state index is 13.2. The van der Waals surface area contributed by atoms with Crippen LogP contribution >= 0.6 is 23.2 Å². The van der Waals surface area contributed by atoms with Crippen LogP contribution in [-0.4, -0.2) is 23.3 Å². The van der Waals surface area contributed by atoms with Crippen LogP contribution in [0.2, 0.25) is 10.0 Å². The lowest BCUT2D eigenvalue weighted by molar-refractivity contribution is 0.297. The Kier molecular flexibility index (Phi) is 5.93. The van der Waals surface area contributed by atoms with Gasteiger partial charge in [-0.15, -0.1) is 0 Å². The van der Waals surface area contributed by atoms with Gasteiger partial charge in [0, 0.05) is 5.56 Å². The summed E-state index contributed by atoms with van der Waals surface area (Å²) in [7, 11) is 1.61. The maximum absolute atomic E-state index is 13.2. The molecule has 4 aromatic rings. The second-order valence-corrected chi connectivity index (χ2v) is 7.32. The topological polar surface area (TPSA) is 53.3 Å². The first kappa shape index (κ1) is 20.3. The Morgan fingerprint density at radius 1 is 0.967 bits per heavy atom. The van der Waals surface area contributed by atoms with E-state index in [0.717, 1.165) is 11.3 Å². The van der Waals surface area contributed by atoms with Gasteiger partial charge in [0.2, 0.25) is 0 Å². The molecule has 0 saturated heterocycles. The van der Waals surface area contributed by atoms with Crippen LogP contribution in [0.4, 0.5) is 0 Å². The Balaban J connectivity index is 1.72. The molecular weight excluding hydrogens is 423 g/mol. The van der Waals surface area contributed by atoms with E-state index in [4.69, 9.17) is 37.7 Å². The molecule has 0 aliphatic rings. The van der Waals surface area contributed by atoms with Gasteiger partial charge in [-0.05, 0) is 48.5 Å². The lowest BCUT2D eigenvalue weighted by Crippen LogP contribution is -2.26. The molecule has 0 unspecified atom stereocenters. The number of fused-ring (bicyclic) bond motifs is 1. The summed E-state index contributed by atoms with van der Waals surface area (Å²) in [4.78, 5) is 17.9. The van der Waals surface area contributed by atoms with Crippen LogP contribution in [0.1, 0.15) is 0 Å². The SMILES string of the molecule is COc1ccc(-c2nc3ccccc3c(=O)n2CCOc2cccc(Cl)c2Cl)cc1. The molecule has 0 N–H and O–H groups in total. The number of para-hydroxylation sites is 1. The summed E-state index contributed by atoms with van der Waals surface area (Å²) in [5.41, 5.74) is 1.31. The predicted molar refractivity (Wildman–Crippen MR) is 120 cm³/mol. The van der Waals surface area contributed by atoms with Crippen molar-refractivity contribution in [1.29, 1.82) is 0 Å². The Labute approximate surface area is 183 Å². The fraction of sp³-hybridized carbons (Fsp3) is 0.130. The minimum Gasteiger partial charge on any atom is -0.497 e. The quantitative estimate of drug-likeness (QED) is 0.399. The van der Waals surface area contributed by atoms with Crippen molar-refractivity contribution in [1.82, 2.24) is 9.55 Å². The van der Waals surface area contributed by atoms with Crippen LogP contribution in [-0.2, 0) is 6.54 Å². The molecule has 0 spiro atoms. The van der Waals surface area contributed by atoms with E-state index in [9.17, 15) is 4.79 Å². The first-order valence-electron chi connectivity index (χ1n) is 9.29. The molecule has 152 valence electrons. The predicted octanol–water partition coefficient (Wildman–Crippen LogP) is 5.46. The van der Waals surface area contributed by atoms with Gasteiger partial charge >= 0.3 is 0 Å². The maximum Gasteiger partial charge on any atom is 0.261 e. The lowest BCUT2D eigenvalue weighted by Gasteiger charge is -2.15. The minimum atomic E-state index is -0.132. The van der Waals surface area contributed by atoms with Gasteiger partial charge in [0.15, 0.2) is 0 Å². The molecule has 0 aliphatic heterocycles. The summed E-state index contributed by atoms with van der Waals surface area (Å²) in [5.74, 6) is 1.76. The number of methoxy groups -OCH3 is 1. The fourth-order valence-corrected chi connectivity index (χ4v) is 3.52. The molecule has 0 fully saturated rings. The highest BCUT2D eigenvalue weighted by Crippen LogP contribution is 2.31. The Hall–Kier alpha value is -3.02. The van der Waals surface area contributed by atoms with Gasteiger partial charge in [0.1, 0.15) is 29.0 Å². The molecule has 0 aliphatic carbocycles. The molecular formula is C23H18Cl2N2O3. The third kappa shape index (κ3) is 3.99. The van der Waals surface area contributed by atoms with Gasteiger partial charge in [-0.1, -0.05) is 41.4 Å². The molecule has 0 atom stereocenters. The van der Waals surface area contributed by atoms with E-state index in [1.807, 2.05) is 42.5 Å². The molecule has 0 amide bonds. The van der Waals surface area contributed by atoms with Gasteiger partial charge in [-0.3, -0.25) is 9.36 Å². The molecule has 0 bridgehead atoms. The van der Waals surface area contributed by atoms with Crippen LogP contribution in [0.3, 0.4) is 0 Å². The van der Waals surface area contributed by atoms with E-state index < -0.39 is 0 Å². The molecule has 1 aromatic heterocycles. The smallest absolute Gasteiger partial charge is 0.261 e. The normalized spacial score (nSPS) is 10.9. The van der Waals surface area contributed by atoms with Crippen LogP contribution in [0, 0.1) is 0 Å². The van der Waals surface area contributed by atoms with E-state index in [-0.39, 0.29) is 12.2 Å². The van der Waals surface area contributed by atoms with Gasteiger partial charge in [0.05, 0.1) is 29.6 Å². The zero-order valence-corrected chi connectivity index (χ0v) is 17.7. The molecule has 30 heavy (non-hydrogen) atoms. The Morgan fingerprint density at radius 3 is 2.50 bits per heavy atom. The van der Waals surface area contributed by atoms with E-state index in [2.05, 4.69) is 0 Å². The van der Waals surface area contributed by atoms with Crippen LogP contribution in [0.5, 0.6) is 11.5 Å². The summed E-state index contributed by atoms with van der Waals surface area (Å²) >= 11 is 12.2. The van der Waals surface area contributed by atoms with Crippen LogP contribution in [0.25, 0.3) is 22.3 Å². The number of halogens is 2. The second-order valence-electron chi connectivity index (χ2n) is 6.54. The van der Waals surface area contributed by atoms with Gasteiger partial charge in [-0.25, -0.2) is 4.98 Å². The monoisotopic (exact) mass is 440 g/mol. The second kappa shape index (κ2) is 8.78. The summed E-state index contributed by atoms with van der Waals surface area (Å²) < 4.78 is 12.6. The number of hydrogen-bond acceptors (Lipinski definition) is 4. The van der Waals surface area contributed by atoms with E-state index in [1.165, 1.54) is 0 Å². The van der Waals surface area contributed by atoms with Gasteiger partial charge in [0.25, 0.3) is 5.56 Å². The lowest BCUT2D eigenvalue weighted by atomic mass is 10.1. The Morgan fingerprint density at radius 2 is 1.73 bits per heavy atom. The number of hydrogen-bond donors (Lipinski definition) is 0. The molecule has 5 nitrogen and oxygen atoms in total. The average molecular weight is 441 g/mol. The zero-order chi connectivity index (χ0) is 21.1. The molecule has 0 radical (unpaired) electrons. The summed E-state index contributed by atoms with van der Waals surface area (Å²) in [6.45, 7) is 0.518.